The van der Waals surface area contributed by atoms with Crippen molar-refractivity contribution in [3.05, 3.63) is 41.6 Å². The van der Waals surface area contributed by atoms with Crippen LogP contribution in [0.1, 0.15) is 21.8 Å². The van der Waals surface area contributed by atoms with Crippen molar-refractivity contribution in [2.75, 3.05) is 0 Å². The quantitative estimate of drug-likeness (QED) is 0.446. The lowest BCUT2D eigenvalue weighted by atomic mass is 10.2. The molecule has 16 heavy (non-hydrogen) atoms. The lowest BCUT2D eigenvalue weighted by molar-refractivity contribution is 0.0924. The number of rotatable bonds is 3. The first-order chi connectivity index (χ1) is 7.72. The van der Waals surface area contributed by atoms with Crippen molar-refractivity contribution in [2.45, 2.75) is 13.5 Å². The average molecular weight is 220 g/mol. The smallest absolute Gasteiger partial charge is 0.301 e. The zero-order valence-corrected chi connectivity index (χ0v) is 8.80. The largest absolute Gasteiger partial charge is 0.459 e. The molecule has 2 aromatic rings. The molecule has 0 spiro atoms. The topological polar surface area (TPSA) is 86.1 Å². The van der Waals surface area contributed by atoms with Gasteiger partial charge < -0.3 is 4.42 Å². The third-order valence-electron chi connectivity index (χ3n) is 2.33. The number of carbonyl (C=O) groups excluding carboxylic acids is 1. The number of aromatic nitrogens is 2. The first-order valence-corrected chi connectivity index (χ1v) is 4.78. The molecule has 84 valence electrons. The Morgan fingerprint density at radius 2 is 2.44 bits per heavy atom. The summed E-state index contributed by atoms with van der Waals surface area (Å²) in [4.78, 5) is 11.3. The Hall–Kier alpha value is -2.08. The van der Waals surface area contributed by atoms with Gasteiger partial charge in [-0.1, -0.05) is 0 Å². The van der Waals surface area contributed by atoms with E-state index in [0.717, 1.165) is 11.3 Å². The number of aryl methyl sites for hydroxylation is 1. The van der Waals surface area contributed by atoms with E-state index in [4.69, 9.17) is 10.3 Å². The number of hydrogen-bond donors (Lipinski definition) is 2. The molecule has 2 rings (SSSR count). The summed E-state index contributed by atoms with van der Waals surface area (Å²) in [5.41, 5.74) is 3.80. The zero-order chi connectivity index (χ0) is 11.5. The monoisotopic (exact) mass is 220 g/mol. The third kappa shape index (κ3) is 1.82. The Morgan fingerprint density at radius 1 is 1.62 bits per heavy atom. The molecule has 0 aliphatic carbocycles. The molecule has 0 unspecified atom stereocenters. The van der Waals surface area contributed by atoms with Crippen LogP contribution in [0.25, 0.3) is 0 Å². The maximum absolute atomic E-state index is 11.3. The highest BCUT2D eigenvalue weighted by Crippen LogP contribution is 2.12. The molecule has 0 aromatic carbocycles. The Kier molecular flexibility index (Phi) is 2.74. The van der Waals surface area contributed by atoms with Crippen LogP contribution in [0.15, 0.2) is 29.0 Å². The Balaban J connectivity index is 2.26. The summed E-state index contributed by atoms with van der Waals surface area (Å²) >= 11 is 0. The second-order valence-electron chi connectivity index (χ2n) is 3.38. The van der Waals surface area contributed by atoms with Crippen LogP contribution in [0.5, 0.6) is 0 Å². The molecule has 6 nitrogen and oxygen atoms in total. The summed E-state index contributed by atoms with van der Waals surface area (Å²) < 4.78 is 6.85. The van der Waals surface area contributed by atoms with Gasteiger partial charge in [0.05, 0.1) is 12.8 Å². The van der Waals surface area contributed by atoms with Crippen LogP contribution in [-0.2, 0) is 6.54 Å². The van der Waals surface area contributed by atoms with Crippen LogP contribution in [0.2, 0.25) is 0 Å². The van der Waals surface area contributed by atoms with Crippen LogP contribution < -0.4 is 11.3 Å². The molecule has 0 fully saturated rings. The lowest BCUT2D eigenvalue weighted by Crippen LogP contribution is -2.30. The minimum absolute atomic E-state index is 0.220. The van der Waals surface area contributed by atoms with Gasteiger partial charge in [-0.3, -0.25) is 14.9 Å². The number of nitrogens with two attached hydrogens (primary N) is 1. The van der Waals surface area contributed by atoms with Gasteiger partial charge in [0, 0.05) is 17.5 Å². The van der Waals surface area contributed by atoms with Gasteiger partial charge in [0.2, 0.25) is 0 Å². The van der Waals surface area contributed by atoms with Crippen molar-refractivity contribution < 1.29 is 9.21 Å². The molecule has 2 heterocycles. The van der Waals surface area contributed by atoms with Crippen LogP contribution >= 0.6 is 0 Å². The molecule has 0 saturated carbocycles. The van der Waals surface area contributed by atoms with Crippen molar-refractivity contribution in [1.29, 1.82) is 0 Å². The van der Waals surface area contributed by atoms with Crippen molar-refractivity contribution in [1.82, 2.24) is 15.2 Å². The molecule has 0 aliphatic heterocycles. The Bertz CT molecular complexity index is 500. The molecule has 0 saturated heterocycles. The first-order valence-electron chi connectivity index (χ1n) is 4.78. The van der Waals surface area contributed by atoms with E-state index in [1.54, 1.807) is 16.9 Å². The molecule has 0 bridgehead atoms. The zero-order valence-electron chi connectivity index (χ0n) is 8.80. The van der Waals surface area contributed by atoms with E-state index in [1.165, 1.54) is 6.26 Å². The van der Waals surface area contributed by atoms with Crippen LogP contribution in [-0.4, -0.2) is 15.7 Å². The summed E-state index contributed by atoms with van der Waals surface area (Å²) in [6.45, 7) is 2.42. The fourth-order valence-corrected chi connectivity index (χ4v) is 1.45. The number of nitrogen functional groups attached to an aromatic ring is 1. The van der Waals surface area contributed by atoms with E-state index >= 15 is 0 Å². The number of nitrogens with zero attached hydrogens (tertiary/aromatic N) is 2. The molecule has 6 heteroatoms. The Labute approximate surface area is 92.0 Å². The highest BCUT2D eigenvalue weighted by Gasteiger charge is 2.14. The summed E-state index contributed by atoms with van der Waals surface area (Å²) in [7, 11) is 0. The molecule has 2 aromatic heterocycles. The number of furan rings is 1. The van der Waals surface area contributed by atoms with E-state index in [9.17, 15) is 4.79 Å². The van der Waals surface area contributed by atoms with Gasteiger partial charge >= 0.3 is 5.91 Å². The standard InChI is InChI=1S/C10H12N4O2/c1-7-2-4-12-14(7)6-8-3-5-16-9(8)10(15)13-11/h2-5H,6,11H2,1H3,(H,13,15). The van der Waals surface area contributed by atoms with Crippen LogP contribution in [0.3, 0.4) is 0 Å². The van der Waals surface area contributed by atoms with Gasteiger partial charge in [0.1, 0.15) is 0 Å². The minimum Gasteiger partial charge on any atom is -0.459 e. The molecule has 0 aliphatic rings. The summed E-state index contributed by atoms with van der Waals surface area (Å²) in [6.07, 6.45) is 3.16. The van der Waals surface area contributed by atoms with Crippen LogP contribution in [0, 0.1) is 6.92 Å². The lowest BCUT2D eigenvalue weighted by Gasteiger charge is -2.04. The van der Waals surface area contributed by atoms with Crippen molar-refractivity contribution >= 4 is 5.91 Å². The highest BCUT2D eigenvalue weighted by atomic mass is 16.3. The predicted molar refractivity (Wildman–Crippen MR) is 56.4 cm³/mol. The fraction of sp³-hybridized carbons (Fsp3) is 0.200. The molecular weight excluding hydrogens is 208 g/mol. The van der Waals surface area contributed by atoms with E-state index in [-0.39, 0.29) is 5.76 Å². The van der Waals surface area contributed by atoms with E-state index in [0.29, 0.717) is 6.54 Å². The third-order valence-corrected chi connectivity index (χ3v) is 2.33. The summed E-state index contributed by atoms with van der Waals surface area (Å²) in [5.74, 6) is 4.83. The molecular formula is C10H12N4O2. The van der Waals surface area contributed by atoms with Gasteiger partial charge in [-0.05, 0) is 19.1 Å². The molecule has 3 N–H and O–H groups in total. The SMILES string of the molecule is Cc1ccnn1Cc1ccoc1C(=O)NN. The van der Waals surface area contributed by atoms with Gasteiger partial charge in [-0.15, -0.1) is 0 Å². The number of carbonyl (C=O) groups is 1. The molecule has 1 amide bonds. The van der Waals surface area contributed by atoms with Crippen molar-refractivity contribution in [3.8, 4) is 0 Å². The van der Waals surface area contributed by atoms with Crippen molar-refractivity contribution in [2.24, 2.45) is 5.84 Å². The number of nitrogens with one attached hydrogen (secondary N) is 1. The summed E-state index contributed by atoms with van der Waals surface area (Å²) in [6, 6.07) is 3.62. The first kappa shape index (κ1) is 10.4. The predicted octanol–water partition coefficient (Wildman–Crippen LogP) is 0.436. The normalized spacial score (nSPS) is 10.4. The average Bonchev–Trinajstić information content (AvgIpc) is 2.88. The minimum atomic E-state index is -0.440. The van der Waals surface area contributed by atoms with Gasteiger partial charge in [-0.25, -0.2) is 5.84 Å². The molecule has 0 radical (unpaired) electrons. The van der Waals surface area contributed by atoms with Crippen LogP contribution in [0.4, 0.5) is 0 Å². The van der Waals surface area contributed by atoms with E-state index in [2.05, 4.69) is 5.10 Å². The maximum atomic E-state index is 11.3. The van der Waals surface area contributed by atoms with Gasteiger partial charge in [0.25, 0.3) is 0 Å². The second kappa shape index (κ2) is 4.19. The van der Waals surface area contributed by atoms with E-state index in [1.807, 2.05) is 18.4 Å². The molecule has 0 atom stereocenters. The number of amides is 1. The number of hydrogen-bond acceptors (Lipinski definition) is 4. The van der Waals surface area contributed by atoms with E-state index < -0.39 is 5.91 Å². The van der Waals surface area contributed by atoms with Crippen molar-refractivity contribution in [3.63, 3.8) is 0 Å². The van der Waals surface area contributed by atoms with Gasteiger partial charge in [-0.2, -0.15) is 5.10 Å². The number of hydrazine groups is 1. The van der Waals surface area contributed by atoms with Gasteiger partial charge in [0.15, 0.2) is 5.76 Å². The highest BCUT2D eigenvalue weighted by molar-refractivity contribution is 5.92. The second-order valence-corrected chi connectivity index (χ2v) is 3.38. The Morgan fingerprint density at radius 3 is 3.06 bits per heavy atom. The summed E-state index contributed by atoms with van der Waals surface area (Å²) in [5, 5.41) is 4.13. The maximum Gasteiger partial charge on any atom is 0.301 e. The fourth-order valence-electron chi connectivity index (χ4n) is 1.45.